The average Bonchev–Trinajstić information content (AvgIpc) is 3.21. The van der Waals surface area contributed by atoms with E-state index in [1.54, 1.807) is 4.57 Å². The summed E-state index contributed by atoms with van der Waals surface area (Å²) >= 11 is 2.84. The van der Waals surface area contributed by atoms with E-state index in [0.29, 0.717) is 28.6 Å². The zero-order chi connectivity index (χ0) is 23.8. The first kappa shape index (κ1) is 23.0. The summed E-state index contributed by atoms with van der Waals surface area (Å²) in [4.78, 5) is 33.5. The van der Waals surface area contributed by atoms with Gasteiger partial charge in [-0.05, 0) is 36.1 Å². The third-order valence-electron chi connectivity index (χ3n) is 6.14. The van der Waals surface area contributed by atoms with Gasteiger partial charge in [0, 0.05) is 16.9 Å². The molecule has 0 fully saturated rings. The lowest BCUT2D eigenvalue weighted by Crippen LogP contribution is -2.28. The van der Waals surface area contributed by atoms with Gasteiger partial charge < -0.3 is 4.74 Å². The van der Waals surface area contributed by atoms with Crippen molar-refractivity contribution in [2.24, 2.45) is 5.92 Å². The van der Waals surface area contributed by atoms with Gasteiger partial charge in [-0.3, -0.25) is 14.2 Å². The van der Waals surface area contributed by atoms with E-state index < -0.39 is 0 Å². The molecular weight excluding hydrogens is 464 g/mol. The average molecular weight is 491 g/mol. The fourth-order valence-electron chi connectivity index (χ4n) is 4.27. The molecule has 7 heteroatoms. The molecule has 0 aliphatic carbocycles. The maximum absolute atomic E-state index is 14.0. The number of thiophene rings is 1. The first-order valence-electron chi connectivity index (χ1n) is 11.4. The second kappa shape index (κ2) is 9.49. The maximum Gasteiger partial charge on any atom is 0.267 e. The van der Waals surface area contributed by atoms with E-state index in [1.807, 2.05) is 61.5 Å². The number of hydrogen-bond donors (Lipinski definition) is 0. The Morgan fingerprint density at radius 1 is 1.21 bits per heavy atom. The molecule has 2 aromatic heterocycles. The predicted molar refractivity (Wildman–Crippen MR) is 139 cm³/mol. The molecule has 34 heavy (non-hydrogen) atoms. The van der Waals surface area contributed by atoms with Crippen LogP contribution in [-0.2, 0) is 17.8 Å². The van der Waals surface area contributed by atoms with Gasteiger partial charge in [-0.2, -0.15) is 0 Å². The van der Waals surface area contributed by atoms with Gasteiger partial charge in [-0.25, -0.2) is 4.98 Å². The SMILES string of the molecule is Cc1cccc(-n2c(SCC(=O)c3ccccc3)nc3sc4c(c3c2=O)C[C@H](C(C)C)OC4)c1. The molecule has 3 heterocycles. The van der Waals surface area contributed by atoms with Crippen LogP contribution in [0.4, 0.5) is 0 Å². The van der Waals surface area contributed by atoms with Crippen molar-refractivity contribution in [1.29, 1.82) is 0 Å². The molecule has 174 valence electrons. The van der Waals surface area contributed by atoms with Gasteiger partial charge in [0.1, 0.15) is 4.83 Å². The van der Waals surface area contributed by atoms with Crippen LogP contribution in [0.25, 0.3) is 15.9 Å². The summed E-state index contributed by atoms with van der Waals surface area (Å²) in [7, 11) is 0. The number of hydrogen-bond acceptors (Lipinski definition) is 6. The van der Waals surface area contributed by atoms with Crippen LogP contribution in [-0.4, -0.2) is 27.2 Å². The molecule has 0 saturated heterocycles. The minimum absolute atomic E-state index is 0.00869. The normalized spacial score (nSPS) is 15.6. The lowest BCUT2D eigenvalue weighted by atomic mass is 9.96. The molecule has 4 aromatic rings. The van der Waals surface area contributed by atoms with Crippen LogP contribution >= 0.6 is 23.1 Å². The zero-order valence-electron chi connectivity index (χ0n) is 19.4. The molecule has 1 aliphatic rings. The van der Waals surface area contributed by atoms with E-state index in [4.69, 9.17) is 9.72 Å². The fourth-order valence-corrected chi connectivity index (χ4v) is 6.34. The van der Waals surface area contributed by atoms with Crippen molar-refractivity contribution in [3.63, 3.8) is 0 Å². The van der Waals surface area contributed by atoms with Crippen LogP contribution in [0.5, 0.6) is 0 Å². The van der Waals surface area contributed by atoms with E-state index in [1.165, 1.54) is 23.1 Å². The Labute approximate surface area is 206 Å². The first-order chi connectivity index (χ1) is 16.4. The molecule has 0 amide bonds. The molecule has 0 radical (unpaired) electrons. The molecule has 1 aliphatic heterocycles. The summed E-state index contributed by atoms with van der Waals surface area (Å²) in [5, 5.41) is 1.22. The van der Waals surface area contributed by atoms with Gasteiger partial charge in [-0.15, -0.1) is 11.3 Å². The number of carbonyl (C=O) groups excluding carboxylic acids is 1. The lowest BCUT2D eigenvalue weighted by Gasteiger charge is -2.26. The molecule has 0 N–H and O–H groups in total. The number of Topliss-reactive ketones (excluding diaryl/α,β-unsaturated/α-hetero) is 1. The predicted octanol–water partition coefficient (Wildman–Crippen LogP) is 5.83. The van der Waals surface area contributed by atoms with Crippen molar-refractivity contribution in [2.75, 3.05) is 5.75 Å². The molecule has 0 spiro atoms. The summed E-state index contributed by atoms with van der Waals surface area (Å²) in [5.74, 6) is 0.584. The Bertz CT molecular complexity index is 1420. The Balaban J connectivity index is 1.62. The number of ether oxygens (including phenoxy) is 1. The molecule has 5 rings (SSSR count). The van der Waals surface area contributed by atoms with Crippen molar-refractivity contribution >= 4 is 39.1 Å². The Hall–Kier alpha value is -2.74. The van der Waals surface area contributed by atoms with E-state index >= 15 is 0 Å². The molecule has 0 unspecified atom stereocenters. The van der Waals surface area contributed by atoms with Gasteiger partial charge >= 0.3 is 0 Å². The zero-order valence-corrected chi connectivity index (χ0v) is 21.0. The number of benzene rings is 2. The van der Waals surface area contributed by atoms with Gasteiger partial charge in [0.25, 0.3) is 5.56 Å². The van der Waals surface area contributed by atoms with Crippen molar-refractivity contribution in [3.05, 3.63) is 86.5 Å². The highest BCUT2D eigenvalue weighted by molar-refractivity contribution is 7.99. The number of fused-ring (bicyclic) bond motifs is 3. The minimum atomic E-state index is -0.0767. The van der Waals surface area contributed by atoms with Crippen LogP contribution in [0.15, 0.2) is 64.5 Å². The smallest absolute Gasteiger partial charge is 0.267 e. The summed E-state index contributed by atoms with van der Waals surface area (Å²) in [6, 6.07) is 17.1. The second-order valence-electron chi connectivity index (χ2n) is 8.93. The molecule has 1 atom stereocenters. The second-order valence-corrected chi connectivity index (χ2v) is 11.0. The summed E-state index contributed by atoms with van der Waals surface area (Å²) < 4.78 is 7.72. The third kappa shape index (κ3) is 4.35. The Morgan fingerprint density at radius 3 is 2.74 bits per heavy atom. The number of thioether (sulfide) groups is 1. The molecular formula is C27H26N2O3S2. The van der Waals surface area contributed by atoms with E-state index in [9.17, 15) is 9.59 Å². The highest BCUT2D eigenvalue weighted by atomic mass is 32.2. The number of nitrogens with zero attached hydrogens (tertiary/aromatic N) is 2. The number of carbonyl (C=O) groups is 1. The van der Waals surface area contributed by atoms with Crippen LogP contribution < -0.4 is 5.56 Å². The summed E-state index contributed by atoms with van der Waals surface area (Å²) in [6.45, 7) is 6.80. The topological polar surface area (TPSA) is 61.2 Å². The number of rotatable bonds is 6. The van der Waals surface area contributed by atoms with E-state index in [2.05, 4.69) is 13.8 Å². The van der Waals surface area contributed by atoms with Crippen molar-refractivity contribution in [1.82, 2.24) is 9.55 Å². The highest BCUT2D eigenvalue weighted by Gasteiger charge is 2.29. The quantitative estimate of drug-likeness (QED) is 0.193. The lowest BCUT2D eigenvalue weighted by molar-refractivity contribution is 0.00200. The number of aromatic nitrogens is 2. The van der Waals surface area contributed by atoms with E-state index in [-0.39, 0.29) is 23.2 Å². The van der Waals surface area contributed by atoms with Gasteiger partial charge in [0.05, 0.1) is 29.5 Å². The van der Waals surface area contributed by atoms with Crippen LogP contribution in [0, 0.1) is 12.8 Å². The van der Waals surface area contributed by atoms with Gasteiger partial charge in [0.15, 0.2) is 10.9 Å². The van der Waals surface area contributed by atoms with Crippen molar-refractivity contribution in [2.45, 2.75) is 45.1 Å². The van der Waals surface area contributed by atoms with E-state index in [0.717, 1.165) is 32.9 Å². The van der Waals surface area contributed by atoms with Crippen LogP contribution in [0.3, 0.4) is 0 Å². The Morgan fingerprint density at radius 2 is 2.00 bits per heavy atom. The molecule has 5 nitrogen and oxygen atoms in total. The monoisotopic (exact) mass is 490 g/mol. The van der Waals surface area contributed by atoms with Gasteiger partial charge in [-0.1, -0.05) is 68.1 Å². The minimum Gasteiger partial charge on any atom is -0.372 e. The molecule has 0 saturated carbocycles. The first-order valence-corrected chi connectivity index (χ1v) is 13.2. The third-order valence-corrected chi connectivity index (χ3v) is 8.18. The van der Waals surface area contributed by atoms with Gasteiger partial charge in [0.2, 0.25) is 0 Å². The summed E-state index contributed by atoms with van der Waals surface area (Å²) in [6.07, 6.45) is 0.811. The van der Waals surface area contributed by atoms with Crippen LogP contribution in [0.1, 0.15) is 40.2 Å². The highest BCUT2D eigenvalue weighted by Crippen LogP contribution is 2.36. The van der Waals surface area contributed by atoms with Crippen molar-refractivity contribution < 1.29 is 9.53 Å². The van der Waals surface area contributed by atoms with Crippen molar-refractivity contribution in [3.8, 4) is 5.69 Å². The molecule has 2 aromatic carbocycles. The van der Waals surface area contributed by atoms with Crippen LogP contribution in [0.2, 0.25) is 0 Å². The Kier molecular flexibility index (Phi) is 6.42. The number of ketones is 1. The summed E-state index contributed by atoms with van der Waals surface area (Å²) in [5.41, 5.74) is 3.47. The maximum atomic E-state index is 14.0. The number of aryl methyl sites for hydroxylation is 1. The standard InChI is InChI=1S/C27H26N2O3S2/c1-16(2)22-13-20-23(14-32-22)34-25-24(20)26(31)29(19-11-7-8-17(3)12-19)27(28-25)33-15-21(30)18-9-5-4-6-10-18/h4-12,16,22H,13-15H2,1-3H3/t22-/m1/s1. The molecule has 0 bridgehead atoms. The fraction of sp³-hybridized carbons (Fsp3) is 0.296. The largest absolute Gasteiger partial charge is 0.372 e.